The fourth-order valence-corrected chi connectivity index (χ4v) is 12.2. The van der Waals surface area contributed by atoms with Crippen molar-refractivity contribution >= 4 is 72.3 Å². The molecule has 5 aliphatic heterocycles. The quantitative estimate of drug-likeness (QED) is 0.138. The zero-order chi connectivity index (χ0) is 61.5. The number of carbonyl (C=O) groups is 12. The lowest BCUT2D eigenvalue weighted by Gasteiger charge is -2.36. The van der Waals surface area contributed by atoms with Crippen LogP contribution >= 0.6 is 0 Å². The topological polar surface area (TPSA) is 270 Å². The summed E-state index contributed by atoms with van der Waals surface area (Å²) in [6.07, 6.45) is -0.0567. The molecular weight excluding hydrogens is 1090 g/mol. The minimum absolute atomic E-state index is 0.0202. The van der Waals surface area contributed by atoms with Gasteiger partial charge in [0.2, 0.25) is 48.3 Å². The average molecular weight is 1170 g/mol. The Hall–Kier alpha value is -8.70. The predicted octanol–water partition coefficient (Wildman–Crippen LogP) is 2.61. The average Bonchev–Trinajstić information content (AvgIpc) is 1.64. The van der Waals surface area contributed by atoms with E-state index in [2.05, 4.69) is 16.0 Å². The molecule has 5 heterocycles. The highest BCUT2D eigenvalue weighted by molar-refractivity contribution is 6.09. The second-order valence-corrected chi connectivity index (χ2v) is 24.6. The molecule has 0 saturated carbocycles. The van der Waals surface area contributed by atoms with Crippen LogP contribution in [0.15, 0.2) is 91.0 Å². The Balaban J connectivity index is 1.20. The fraction of sp³-hybridized carbons (Fsp3) is 0.508. The molecule has 1 spiro atoms. The zero-order valence-electron chi connectivity index (χ0n) is 49.4. The van der Waals surface area contributed by atoms with Crippen molar-refractivity contribution in [2.24, 2.45) is 17.8 Å². The van der Waals surface area contributed by atoms with Crippen molar-refractivity contribution in [3.05, 3.63) is 108 Å². The van der Waals surface area contributed by atoms with Crippen LogP contribution in [0.5, 0.6) is 0 Å². The van der Waals surface area contributed by atoms with Crippen LogP contribution in [-0.2, 0) is 62.8 Å². The summed E-state index contributed by atoms with van der Waals surface area (Å²) in [4.78, 5) is 184. The highest BCUT2D eigenvalue weighted by Gasteiger charge is 2.61. The molecule has 5 fully saturated rings. The Morgan fingerprint density at radius 1 is 0.576 bits per heavy atom. The van der Waals surface area contributed by atoms with Gasteiger partial charge in [-0.15, -0.1) is 0 Å². The minimum Gasteiger partial charge on any atom is -0.333 e. The van der Waals surface area contributed by atoms with E-state index < -0.39 is 127 Å². The molecule has 24 nitrogen and oxygen atoms in total. The Kier molecular flexibility index (Phi) is 19.4. The number of nitrogens with zero attached hydrogens (tertiary/aromatic N) is 9. The summed E-state index contributed by atoms with van der Waals surface area (Å²) in [5.41, 5.74) is -1.27. The van der Waals surface area contributed by atoms with Gasteiger partial charge in [-0.2, -0.15) is 0 Å². The Morgan fingerprint density at radius 3 is 1.47 bits per heavy atom. The van der Waals surface area contributed by atoms with Gasteiger partial charge >= 0.3 is 18.1 Å². The van der Waals surface area contributed by atoms with Crippen LogP contribution in [0.3, 0.4) is 0 Å². The lowest BCUT2D eigenvalue weighted by Crippen LogP contribution is -2.58. The van der Waals surface area contributed by atoms with Gasteiger partial charge in [0.15, 0.2) is 0 Å². The van der Waals surface area contributed by atoms with E-state index in [4.69, 9.17) is 0 Å². The van der Waals surface area contributed by atoms with Crippen molar-refractivity contribution in [2.75, 3.05) is 58.9 Å². The van der Waals surface area contributed by atoms with E-state index in [1.165, 1.54) is 29.4 Å². The summed E-state index contributed by atoms with van der Waals surface area (Å²) < 4.78 is 0. The number of benzene rings is 3. The van der Waals surface area contributed by atoms with Gasteiger partial charge in [0.25, 0.3) is 5.91 Å². The summed E-state index contributed by atoms with van der Waals surface area (Å²) in [5, 5.41) is 8.52. The Bertz CT molecular complexity index is 3020. The molecule has 3 aromatic carbocycles. The van der Waals surface area contributed by atoms with Gasteiger partial charge < -0.3 is 45.3 Å². The first-order chi connectivity index (χ1) is 40.4. The third-order valence-electron chi connectivity index (χ3n) is 16.0. The molecule has 0 bridgehead atoms. The standard InChI is InChI=1S/C61H78N12O12/c1-40(2)26-65-34-51(77)72-36-60(7,63-58(84)69(39-75)30-44-19-13-9-14-20-44)24-48(72)54(80)67(28-42(5)6)35-52(78)73-37-61(56(82)71(59(85)64-61)31-45-21-15-10-16-22-45)25-49(73)55(81)66(27-41(3)4)33-50(76)70-32-46(23-47(70)53(65)79)62-57(83)68(38-74)29-43-17-11-8-12-18-43/h8-22,38-42,46-49H,23-37H2,1-7H3,(H,62,83)(H,63,84)(H,64,85)/t46-,47-,48-,49-,60-,61-/m0/s1. The first-order valence-electron chi connectivity index (χ1n) is 29.0. The molecule has 8 rings (SSSR count). The normalized spacial score (nSPS) is 24.3. The molecule has 5 saturated heterocycles. The lowest BCUT2D eigenvalue weighted by atomic mass is 9.95. The van der Waals surface area contributed by atoms with Crippen LogP contribution in [0.25, 0.3) is 0 Å². The number of carbonyl (C=O) groups excluding carboxylic acids is 12. The molecule has 85 heavy (non-hydrogen) atoms. The zero-order valence-corrected chi connectivity index (χ0v) is 49.4. The monoisotopic (exact) mass is 1170 g/mol. The predicted molar refractivity (Wildman–Crippen MR) is 308 cm³/mol. The van der Waals surface area contributed by atoms with E-state index in [-0.39, 0.29) is 83.0 Å². The van der Waals surface area contributed by atoms with E-state index in [0.717, 1.165) is 14.7 Å². The summed E-state index contributed by atoms with van der Waals surface area (Å²) >= 11 is 0. The SMILES string of the molecule is CC(C)CN1CC(=O)N2C[C@@](C)(NC(=O)N(C=O)Cc3ccccc3)C[C@H]2C(=O)N(CC(C)C)CC(=O)N2C[C@]3(C[C@H]2C(=O)N(CC(C)C)CC(=O)N2C[C@@H](NC(=O)N(C=O)Cc4ccccc4)C[C@H]2C1=O)NC(=O)N(Cc1ccccc1)C3=O. The van der Waals surface area contributed by atoms with Gasteiger partial charge in [-0.05, 0) is 47.8 Å². The first-order valence-corrected chi connectivity index (χ1v) is 29.0. The number of nitrogens with one attached hydrogen (secondary N) is 3. The van der Waals surface area contributed by atoms with E-state index in [0.29, 0.717) is 29.5 Å². The third kappa shape index (κ3) is 14.5. The molecule has 3 N–H and O–H groups in total. The van der Waals surface area contributed by atoms with Gasteiger partial charge in [-0.25, -0.2) is 14.4 Å². The number of urea groups is 3. The van der Waals surface area contributed by atoms with Crippen LogP contribution < -0.4 is 16.0 Å². The summed E-state index contributed by atoms with van der Waals surface area (Å²) in [6.45, 7) is 9.13. The minimum atomic E-state index is -1.82. The van der Waals surface area contributed by atoms with Crippen LogP contribution in [0, 0.1) is 17.8 Å². The number of hydrogen-bond donors (Lipinski definition) is 3. The maximum Gasteiger partial charge on any atom is 0.325 e. The van der Waals surface area contributed by atoms with Crippen molar-refractivity contribution in [3.63, 3.8) is 0 Å². The molecule has 454 valence electrons. The van der Waals surface area contributed by atoms with Gasteiger partial charge in [0, 0.05) is 45.6 Å². The van der Waals surface area contributed by atoms with Gasteiger partial charge in [-0.3, -0.25) is 57.9 Å². The molecule has 24 heteroatoms. The van der Waals surface area contributed by atoms with Gasteiger partial charge in [0.1, 0.15) is 23.7 Å². The second kappa shape index (κ2) is 26.5. The molecule has 0 aromatic heterocycles. The molecular formula is C61H78N12O12. The Morgan fingerprint density at radius 2 is 1.00 bits per heavy atom. The largest absolute Gasteiger partial charge is 0.333 e. The van der Waals surface area contributed by atoms with Crippen molar-refractivity contribution in [1.82, 2.24) is 60.0 Å². The lowest BCUT2D eigenvalue weighted by molar-refractivity contribution is -0.154. The van der Waals surface area contributed by atoms with Crippen LogP contribution in [0.2, 0.25) is 0 Å². The van der Waals surface area contributed by atoms with Crippen molar-refractivity contribution in [3.8, 4) is 0 Å². The van der Waals surface area contributed by atoms with Crippen molar-refractivity contribution < 1.29 is 57.5 Å². The first kappa shape index (κ1) is 62.3. The van der Waals surface area contributed by atoms with Gasteiger partial charge in [0.05, 0.1) is 57.4 Å². The summed E-state index contributed by atoms with van der Waals surface area (Å²) in [5.74, 6) is -5.86. The number of amides is 15. The molecule has 15 amide bonds. The van der Waals surface area contributed by atoms with Crippen LogP contribution in [-0.4, -0.2) is 211 Å². The van der Waals surface area contributed by atoms with E-state index in [1.54, 1.807) is 97.9 Å². The molecule has 0 aliphatic carbocycles. The summed E-state index contributed by atoms with van der Waals surface area (Å²) in [6, 6.07) is 18.8. The van der Waals surface area contributed by atoms with Gasteiger partial charge in [-0.1, -0.05) is 133 Å². The number of imide groups is 3. The van der Waals surface area contributed by atoms with E-state index >= 15 is 28.8 Å². The second-order valence-electron chi connectivity index (χ2n) is 24.6. The van der Waals surface area contributed by atoms with E-state index in [9.17, 15) is 28.8 Å². The maximum absolute atomic E-state index is 15.6. The third-order valence-corrected chi connectivity index (χ3v) is 16.0. The molecule has 6 atom stereocenters. The van der Waals surface area contributed by atoms with Crippen molar-refractivity contribution in [1.29, 1.82) is 0 Å². The highest BCUT2D eigenvalue weighted by atomic mass is 16.2. The Labute approximate surface area is 495 Å². The van der Waals surface area contributed by atoms with Crippen molar-refractivity contribution in [2.45, 2.75) is 123 Å². The number of hydrogen-bond acceptors (Lipinski definition) is 12. The molecule has 5 aliphatic rings. The maximum atomic E-state index is 15.6. The highest BCUT2D eigenvalue weighted by Crippen LogP contribution is 2.36. The van der Waals surface area contributed by atoms with Crippen LogP contribution in [0.1, 0.15) is 84.4 Å². The smallest absolute Gasteiger partial charge is 0.325 e. The molecule has 3 aromatic rings. The summed E-state index contributed by atoms with van der Waals surface area (Å²) in [7, 11) is 0. The van der Waals surface area contributed by atoms with Crippen LogP contribution in [0.4, 0.5) is 14.4 Å². The number of fused-ring (bicyclic) bond motifs is 3. The number of rotatable bonds is 16. The van der Waals surface area contributed by atoms with E-state index in [1.807, 2.05) is 41.5 Å². The fourth-order valence-electron chi connectivity index (χ4n) is 12.2. The molecule has 0 radical (unpaired) electrons. The molecule has 0 unspecified atom stereocenters.